The molecule has 1 spiro atoms. The number of benzene rings is 2. The van der Waals surface area contributed by atoms with Crippen LogP contribution >= 0.6 is 0 Å². The third-order valence-electron chi connectivity index (χ3n) is 8.53. The number of likely N-dealkylation sites (tertiary alicyclic amines) is 1. The minimum absolute atomic E-state index is 0.168. The zero-order valence-electron chi connectivity index (χ0n) is 23.5. The number of alkyl halides is 5. The second kappa shape index (κ2) is 9.81. The number of urea groups is 1. The highest BCUT2D eigenvalue weighted by atomic mass is 19.4. The zero-order chi connectivity index (χ0) is 31.8. The fourth-order valence-electron chi connectivity index (χ4n) is 6.39. The second-order valence-corrected chi connectivity index (χ2v) is 11.6. The van der Waals surface area contributed by atoms with Gasteiger partial charge in [0.05, 0.1) is 12.6 Å². The smallest absolute Gasteiger partial charge is 0.320 e. The normalized spacial score (nSPS) is 22.2. The van der Waals surface area contributed by atoms with Gasteiger partial charge in [0, 0.05) is 44.0 Å². The Morgan fingerprint density at radius 1 is 1.02 bits per heavy atom. The van der Waals surface area contributed by atoms with Crippen LogP contribution in [0.25, 0.3) is 11.1 Å². The van der Waals surface area contributed by atoms with Gasteiger partial charge in [0.1, 0.15) is 12.4 Å². The number of aryl methyl sites for hydroxylation is 1. The van der Waals surface area contributed by atoms with E-state index >= 15 is 8.78 Å². The molecular formula is C29H26F6N6O3. The lowest BCUT2D eigenvalue weighted by Gasteiger charge is -2.55. The Bertz CT molecular complexity index is 1670. The van der Waals surface area contributed by atoms with E-state index in [2.05, 4.69) is 10.4 Å². The molecule has 9 nitrogen and oxygen atoms in total. The van der Waals surface area contributed by atoms with Crippen LogP contribution in [-0.4, -0.2) is 80.7 Å². The van der Waals surface area contributed by atoms with Crippen LogP contribution in [-0.2, 0) is 34.6 Å². The van der Waals surface area contributed by atoms with E-state index in [1.165, 1.54) is 53.2 Å². The van der Waals surface area contributed by atoms with Gasteiger partial charge in [-0.2, -0.15) is 18.3 Å². The molecule has 3 aromatic rings. The maximum Gasteiger partial charge on any atom is 0.414 e. The fourth-order valence-corrected chi connectivity index (χ4v) is 6.39. The van der Waals surface area contributed by atoms with Gasteiger partial charge in [-0.05, 0) is 41.9 Å². The molecule has 3 aliphatic rings. The van der Waals surface area contributed by atoms with E-state index in [1.807, 2.05) is 0 Å². The Balaban J connectivity index is 1.32. The Kier molecular flexibility index (Phi) is 6.61. The third-order valence-corrected chi connectivity index (χ3v) is 8.53. The maximum atomic E-state index is 15.4. The average molecular weight is 621 g/mol. The first-order valence-electron chi connectivity index (χ1n) is 13.5. The summed E-state index contributed by atoms with van der Waals surface area (Å²) >= 11 is 0. The van der Waals surface area contributed by atoms with E-state index in [1.54, 1.807) is 13.2 Å². The van der Waals surface area contributed by atoms with Crippen LogP contribution in [0.1, 0.15) is 23.1 Å². The topological polar surface area (TPSA) is 90.8 Å². The number of aromatic nitrogens is 2. The standard InChI is InChI=1S/C29H26F6N6O3/c1-38-15-26(16-38,29(33,34)35)41(11-17-3-6-20(30)7-4-17)23(42)13-40-24(43)27(37-25(40)44)14-28(31,32)22-9-18(5-8-21(22)27)19-10-36-39(2)12-19/h3-10,12H,11,13-16H2,1-2H3,(H,37,44)/t27-/m0/s1. The van der Waals surface area contributed by atoms with Crippen molar-refractivity contribution in [3.05, 3.63) is 77.4 Å². The maximum absolute atomic E-state index is 15.4. The van der Waals surface area contributed by atoms with Gasteiger partial charge in [0.25, 0.3) is 11.8 Å². The molecule has 1 aromatic heterocycles. The molecule has 2 aliphatic heterocycles. The van der Waals surface area contributed by atoms with Crippen LogP contribution < -0.4 is 5.32 Å². The van der Waals surface area contributed by atoms with Gasteiger partial charge in [-0.25, -0.2) is 18.0 Å². The summed E-state index contributed by atoms with van der Waals surface area (Å²) in [7, 11) is 3.09. The molecule has 1 aliphatic carbocycles. The van der Waals surface area contributed by atoms with Crippen molar-refractivity contribution in [2.45, 2.75) is 36.1 Å². The average Bonchev–Trinajstić information content (AvgIpc) is 3.53. The molecule has 0 saturated carbocycles. The Hall–Kier alpha value is -4.40. The molecule has 1 N–H and O–H groups in total. The molecule has 0 bridgehead atoms. The Morgan fingerprint density at radius 3 is 2.30 bits per heavy atom. The minimum Gasteiger partial charge on any atom is -0.320 e. The highest BCUT2D eigenvalue weighted by molar-refractivity contribution is 6.10. The summed E-state index contributed by atoms with van der Waals surface area (Å²) in [4.78, 5) is 42.7. The molecule has 44 heavy (non-hydrogen) atoms. The first-order valence-corrected chi connectivity index (χ1v) is 13.5. The number of hydrogen-bond acceptors (Lipinski definition) is 5. The molecular weight excluding hydrogens is 594 g/mol. The van der Waals surface area contributed by atoms with Crippen molar-refractivity contribution >= 4 is 17.8 Å². The number of nitrogens with zero attached hydrogens (tertiary/aromatic N) is 5. The van der Waals surface area contributed by atoms with Gasteiger partial charge in [0.2, 0.25) is 5.91 Å². The van der Waals surface area contributed by atoms with Crippen molar-refractivity contribution in [2.24, 2.45) is 7.05 Å². The molecule has 15 heteroatoms. The molecule has 0 radical (unpaired) electrons. The second-order valence-electron chi connectivity index (χ2n) is 11.6. The fraction of sp³-hybridized carbons (Fsp3) is 0.379. The van der Waals surface area contributed by atoms with E-state index < -0.39 is 85.0 Å². The number of rotatable bonds is 6. The number of carbonyl (C=O) groups is 3. The summed E-state index contributed by atoms with van der Waals surface area (Å²) < 4.78 is 89.3. The van der Waals surface area contributed by atoms with Gasteiger partial charge in [-0.15, -0.1) is 0 Å². The number of fused-ring (bicyclic) bond motifs is 2. The Morgan fingerprint density at radius 2 is 1.70 bits per heavy atom. The van der Waals surface area contributed by atoms with Crippen LogP contribution in [0.5, 0.6) is 0 Å². The lowest BCUT2D eigenvalue weighted by atomic mass is 9.86. The number of carbonyl (C=O) groups excluding carboxylic acids is 3. The first-order chi connectivity index (χ1) is 20.6. The third kappa shape index (κ3) is 4.52. The highest BCUT2D eigenvalue weighted by Crippen LogP contribution is 2.53. The number of likely N-dealkylation sites (N-methyl/N-ethyl adjacent to an activating group) is 1. The van der Waals surface area contributed by atoms with Gasteiger partial charge in [-0.1, -0.05) is 24.3 Å². The summed E-state index contributed by atoms with van der Waals surface area (Å²) in [6, 6.07) is 7.33. The van der Waals surface area contributed by atoms with Crippen LogP contribution in [0, 0.1) is 5.82 Å². The summed E-state index contributed by atoms with van der Waals surface area (Å²) in [6.07, 6.45) is -2.93. The van der Waals surface area contributed by atoms with Gasteiger partial charge in [-0.3, -0.25) is 19.2 Å². The number of nitrogens with one attached hydrogen (secondary N) is 1. The predicted octanol–water partition coefficient (Wildman–Crippen LogP) is 3.74. The zero-order valence-corrected chi connectivity index (χ0v) is 23.5. The number of halogens is 6. The van der Waals surface area contributed by atoms with Crippen molar-refractivity contribution in [2.75, 3.05) is 26.7 Å². The molecule has 3 heterocycles. The van der Waals surface area contributed by atoms with E-state index in [-0.39, 0.29) is 11.1 Å². The lowest BCUT2D eigenvalue weighted by Crippen LogP contribution is -2.77. The lowest BCUT2D eigenvalue weighted by molar-refractivity contribution is -0.268. The molecule has 2 aromatic carbocycles. The van der Waals surface area contributed by atoms with E-state index in [0.717, 1.165) is 12.1 Å². The van der Waals surface area contributed by atoms with Crippen molar-refractivity contribution < 1.29 is 40.7 Å². The molecule has 1 atom stereocenters. The summed E-state index contributed by atoms with van der Waals surface area (Å²) in [5.74, 6) is -6.58. The molecule has 6 rings (SSSR count). The summed E-state index contributed by atoms with van der Waals surface area (Å²) in [6.45, 7) is -2.87. The molecule has 4 amide bonds. The quantitative estimate of drug-likeness (QED) is 0.335. The first kappa shape index (κ1) is 29.7. The van der Waals surface area contributed by atoms with Crippen molar-refractivity contribution in [1.82, 2.24) is 29.8 Å². The summed E-state index contributed by atoms with van der Waals surface area (Å²) in [5, 5.41) is 6.34. The largest absolute Gasteiger partial charge is 0.414 e. The van der Waals surface area contributed by atoms with Crippen LogP contribution in [0.4, 0.5) is 31.1 Å². The number of imide groups is 1. The minimum atomic E-state index is -4.90. The van der Waals surface area contributed by atoms with Crippen molar-refractivity contribution in [1.29, 1.82) is 0 Å². The van der Waals surface area contributed by atoms with E-state index in [9.17, 15) is 31.9 Å². The van der Waals surface area contributed by atoms with Crippen LogP contribution in [0.15, 0.2) is 54.9 Å². The van der Waals surface area contributed by atoms with Crippen molar-refractivity contribution in [3.63, 3.8) is 0 Å². The van der Waals surface area contributed by atoms with Gasteiger partial charge >= 0.3 is 12.2 Å². The molecule has 2 fully saturated rings. The number of hydrogen-bond donors (Lipinski definition) is 1. The molecule has 2 saturated heterocycles. The SMILES string of the molecule is CN1CC(N(Cc2ccc(F)cc2)C(=O)CN2C(=O)N[C@]3(CC(F)(F)c4cc(-c5cnn(C)c5)ccc43)C2=O)(C(F)(F)F)C1. The summed E-state index contributed by atoms with van der Waals surface area (Å²) in [5.41, 5.74) is -4.41. The van der Waals surface area contributed by atoms with Crippen LogP contribution in [0.2, 0.25) is 0 Å². The monoisotopic (exact) mass is 620 g/mol. The van der Waals surface area contributed by atoms with Gasteiger partial charge in [0.15, 0.2) is 11.1 Å². The van der Waals surface area contributed by atoms with E-state index in [0.29, 0.717) is 20.9 Å². The predicted molar refractivity (Wildman–Crippen MR) is 142 cm³/mol. The number of amides is 4. The van der Waals surface area contributed by atoms with Crippen molar-refractivity contribution in [3.8, 4) is 11.1 Å². The Labute approximate surface area is 247 Å². The highest BCUT2D eigenvalue weighted by Gasteiger charge is 2.67. The van der Waals surface area contributed by atoms with Crippen LogP contribution in [0.3, 0.4) is 0 Å². The molecule has 232 valence electrons. The van der Waals surface area contributed by atoms with Gasteiger partial charge < -0.3 is 15.1 Å². The van der Waals surface area contributed by atoms with E-state index in [4.69, 9.17) is 0 Å². The molecule has 0 unspecified atom stereocenters.